The number of nitrogens with two attached hydrogens (primary N) is 1. The van der Waals surface area contributed by atoms with Crippen molar-refractivity contribution in [2.24, 2.45) is 5.73 Å². The van der Waals surface area contributed by atoms with Crippen LogP contribution >= 0.6 is 0 Å². The summed E-state index contributed by atoms with van der Waals surface area (Å²) in [5.74, 6) is -1.80. The van der Waals surface area contributed by atoms with Gasteiger partial charge in [0.2, 0.25) is 0 Å². The minimum absolute atomic E-state index is 0.185. The van der Waals surface area contributed by atoms with E-state index < -0.39 is 18.0 Å². The smallest absolute Gasteiger partial charge is 0.335 e. The van der Waals surface area contributed by atoms with Crippen LogP contribution < -0.4 is 5.73 Å². The predicted octanol–water partition coefficient (Wildman–Crippen LogP) is -0.262. The van der Waals surface area contributed by atoms with Crippen molar-refractivity contribution in [3.63, 3.8) is 0 Å². The van der Waals surface area contributed by atoms with Crippen LogP contribution in [0.25, 0.3) is 0 Å². The number of esters is 1. The standard InChI is InChI=1S/C9H15NO5/c1-12-8(13-2)5-9(14-3)6(10)4-7(11)15-9/h4,8H,5,10H2,1-3H3. The monoisotopic (exact) mass is 217 g/mol. The number of carbonyl (C=O) groups excluding carboxylic acids is 1. The summed E-state index contributed by atoms with van der Waals surface area (Å²) in [6, 6.07) is 0. The van der Waals surface area contributed by atoms with Crippen molar-refractivity contribution >= 4 is 5.97 Å². The van der Waals surface area contributed by atoms with Gasteiger partial charge in [0, 0.05) is 27.4 Å². The van der Waals surface area contributed by atoms with Gasteiger partial charge in [0.25, 0.3) is 5.79 Å². The van der Waals surface area contributed by atoms with Crippen LogP contribution in [0.3, 0.4) is 0 Å². The first-order valence-electron chi connectivity index (χ1n) is 4.39. The van der Waals surface area contributed by atoms with Crippen LogP contribution in [0.1, 0.15) is 6.42 Å². The number of carbonyl (C=O) groups is 1. The predicted molar refractivity (Wildman–Crippen MR) is 50.5 cm³/mol. The molecule has 1 atom stereocenters. The minimum Gasteiger partial charge on any atom is -0.424 e. The number of rotatable bonds is 5. The molecular formula is C9H15NO5. The molecule has 0 bridgehead atoms. The van der Waals surface area contributed by atoms with Crippen LogP contribution in [0.4, 0.5) is 0 Å². The highest BCUT2D eigenvalue weighted by Gasteiger charge is 2.44. The zero-order chi connectivity index (χ0) is 11.5. The Labute approximate surface area is 87.9 Å². The summed E-state index contributed by atoms with van der Waals surface area (Å²) in [6.07, 6.45) is 0.819. The van der Waals surface area contributed by atoms with Crippen molar-refractivity contribution in [2.75, 3.05) is 21.3 Å². The molecule has 0 aromatic heterocycles. The van der Waals surface area contributed by atoms with Crippen molar-refractivity contribution in [3.05, 3.63) is 11.8 Å². The molecule has 1 rings (SSSR count). The fraction of sp³-hybridized carbons (Fsp3) is 0.667. The lowest BCUT2D eigenvalue weighted by atomic mass is 10.1. The van der Waals surface area contributed by atoms with Gasteiger partial charge in [-0.25, -0.2) is 4.79 Å². The van der Waals surface area contributed by atoms with Gasteiger partial charge in [-0.3, -0.25) is 0 Å². The SMILES string of the molecule is COC(CC1(OC)OC(=O)C=C1N)OC. The maximum absolute atomic E-state index is 11.0. The molecule has 6 nitrogen and oxygen atoms in total. The average Bonchev–Trinajstić information content (AvgIpc) is 2.50. The summed E-state index contributed by atoms with van der Waals surface area (Å²) < 4.78 is 20.1. The van der Waals surface area contributed by atoms with Crippen molar-refractivity contribution in [1.82, 2.24) is 0 Å². The molecule has 0 fully saturated rings. The molecule has 0 aromatic rings. The third-order valence-electron chi connectivity index (χ3n) is 2.27. The Morgan fingerprint density at radius 1 is 1.47 bits per heavy atom. The van der Waals surface area contributed by atoms with E-state index in [4.69, 9.17) is 24.7 Å². The topological polar surface area (TPSA) is 80.0 Å². The van der Waals surface area contributed by atoms with E-state index >= 15 is 0 Å². The molecule has 0 saturated heterocycles. The molecule has 0 spiro atoms. The van der Waals surface area contributed by atoms with Crippen molar-refractivity contribution in [3.8, 4) is 0 Å². The first kappa shape index (κ1) is 12.0. The molecule has 1 aliphatic rings. The number of hydrogen-bond donors (Lipinski definition) is 1. The quantitative estimate of drug-likeness (QED) is 0.504. The summed E-state index contributed by atoms with van der Waals surface area (Å²) in [5, 5.41) is 0. The number of ether oxygens (including phenoxy) is 4. The molecule has 15 heavy (non-hydrogen) atoms. The fourth-order valence-corrected chi connectivity index (χ4v) is 1.37. The van der Waals surface area contributed by atoms with E-state index in [1.54, 1.807) is 0 Å². The Morgan fingerprint density at radius 2 is 2.07 bits per heavy atom. The first-order valence-corrected chi connectivity index (χ1v) is 4.39. The molecule has 1 unspecified atom stereocenters. The minimum atomic E-state index is -1.27. The highest BCUT2D eigenvalue weighted by molar-refractivity contribution is 5.86. The van der Waals surface area contributed by atoms with Gasteiger partial charge in [0.15, 0.2) is 6.29 Å². The second-order valence-electron chi connectivity index (χ2n) is 3.08. The van der Waals surface area contributed by atoms with Gasteiger partial charge in [-0.1, -0.05) is 0 Å². The van der Waals surface area contributed by atoms with E-state index in [2.05, 4.69) is 0 Å². The van der Waals surface area contributed by atoms with E-state index in [0.717, 1.165) is 0 Å². The molecule has 6 heteroatoms. The van der Waals surface area contributed by atoms with Crippen LogP contribution in [-0.4, -0.2) is 39.4 Å². The van der Waals surface area contributed by atoms with Gasteiger partial charge < -0.3 is 24.7 Å². The van der Waals surface area contributed by atoms with E-state index in [9.17, 15) is 4.79 Å². The molecule has 2 N–H and O–H groups in total. The van der Waals surface area contributed by atoms with Gasteiger partial charge in [-0.15, -0.1) is 0 Å². The zero-order valence-corrected chi connectivity index (χ0v) is 8.98. The van der Waals surface area contributed by atoms with Crippen LogP contribution in [0.2, 0.25) is 0 Å². The Bertz CT molecular complexity index is 274. The van der Waals surface area contributed by atoms with Gasteiger partial charge in [-0.05, 0) is 0 Å². The summed E-state index contributed by atoms with van der Waals surface area (Å²) in [5.41, 5.74) is 5.87. The Hall–Kier alpha value is -1.11. The average molecular weight is 217 g/mol. The van der Waals surface area contributed by atoms with Gasteiger partial charge in [-0.2, -0.15) is 0 Å². The molecule has 0 amide bonds. The summed E-state index contributed by atoms with van der Waals surface area (Å²) >= 11 is 0. The van der Waals surface area contributed by atoms with E-state index in [1.807, 2.05) is 0 Å². The fourth-order valence-electron chi connectivity index (χ4n) is 1.37. The lowest BCUT2D eigenvalue weighted by Gasteiger charge is -2.30. The Balaban J connectivity index is 2.78. The third-order valence-corrected chi connectivity index (χ3v) is 2.27. The first-order chi connectivity index (χ1) is 7.07. The van der Waals surface area contributed by atoms with E-state index in [-0.39, 0.29) is 12.1 Å². The van der Waals surface area contributed by atoms with Crippen LogP contribution in [-0.2, 0) is 23.7 Å². The van der Waals surface area contributed by atoms with Crippen LogP contribution in [0, 0.1) is 0 Å². The molecule has 1 aliphatic heterocycles. The second kappa shape index (κ2) is 4.61. The highest BCUT2D eigenvalue weighted by Crippen LogP contribution is 2.31. The molecule has 0 saturated carbocycles. The largest absolute Gasteiger partial charge is 0.424 e. The summed E-state index contributed by atoms with van der Waals surface area (Å²) in [4.78, 5) is 11.0. The maximum Gasteiger partial charge on any atom is 0.335 e. The van der Waals surface area contributed by atoms with Crippen LogP contribution in [0.5, 0.6) is 0 Å². The van der Waals surface area contributed by atoms with Crippen molar-refractivity contribution < 1.29 is 23.7 Å². The Kier molecular flexibility index (Phi) is 3.67. The highest BCUT2D eigenvalue weighted by atomic mass is 16.7. The van der Waals surface area contributed by atoms with Gasteiger partial charge in [0.05, 0.1) is 12.1 Å². The molecule has 86 valence electrons. The normalized spacial score (nSPS) is 25.6. The second-order valence-corrected chi connectivity index (χ2v) is 3.08. The number of cyclic esters (lactones) is 1. The van der Waals surface area contributed by atoms with E-state index in [0.29, 0.717) is 0 Å². The van der Waals surface area contributed by atoms with Gasteiger partial charge in [0.1, 0.15) is 0 Å². The summed E-state index contributed by atoms with van der Waals surface area (Å²) in [6.45, 7) is 0. The summed E-state index contributed by atoms with van der Waals surface area (Å²) in [7, 11) is 4.37. The molecular weight excluding hydrogens is 202 g/mol. The maximum atomic E-state index is 11.0. The lowest BCUT2D eigenvalue weighted by molar-refractivity contribution is -0.226. The Morgan fingerprint density at radius 3 is 2.40 bits per heavy atom. The molecule has 1 heterocycles. The lowest BCUT2D eigenvalue weighted by Crippen LogP contribution is -2.41. The molecule has 0 radical (unpaired) electrons. The molecule has 0 aliphatic carbocycles. The van der Waals surface area contributed by atoms with Crippen LogP contribution in [0.15, 0.2) is 11.8 Å². The van der Waals surface area contributed by atoms with E-state index in [1.165, 1.54) is 27.4 Å². The van der Waals surface area contributed by atoms with Crippen molar-refractivity contribution in [1.29, 1.82) is 0 Å². The third kappa shape index (κ3) is 2.28. The van der Waals surface area contributed by atoms with Gasteiger partial charge >= 0.3 is 5.97 Å². The van der Waals surface area contributed by atoms with Crippen molar-refractivity contribution in [2.45, 2.75) is 18.5 Å². The zero-order valence-electron chi connectivity index (χ0n) is 8.98. The molecule has 0 aromatic carbocycles. The number of hydrogen-bond acceptors (Lipinski definition) is 6. The number of methoxy groups -OCH3 is 3.